The highest BCUT2D eigenvalue weighted by molar-refractivity contribution is 7.98. The Hall–Kier alpha value is -1.40. The van der Waals surface area contributed by atoms with Crippen molar-refractivity contribution >= 4 is 34.8 Å². The lowest BCUT2D eigenvalue weighted by molar-refractivity contribution is 0.102. The monoisotopic (exact) mass is 293 g/mol. The third-order valence-corrected chi connectivity index (χ3v) is 4.36. The molecule has 0 aliphatic heterocycles. The summed E-state index contributed by atoms with van der Waals surface area (Å²) in [5.74, 6) is 2.45. The molecule has 6 heteroatoms. The molecule has 1 N–H and O–H groups in total. The number of hydrogen-bond donors (Lipinski definition) is 1. The van der Waals surface area contributed by atoms with Crippen LogP contribution in [-0.4, -0.2) is 21.6 Å². The summed E-state index contributed by atoms with van der Waals surface area (Å²) in [6, 6.07) is 3.88. The second kappa shape index (κ2) is 6.68. The summed E-state index contributed by atoms with van der Waals surface area (Å²) in [6.07, 6.45) is 1.72. The van der Waals surface area contributed by atoms with Crippen molar-refractivity contribution in [2.45, 2.75) is 19.6 Å². The van der Waals surface area contributed by atoms with Crippen LogP contribution < -0.4 is 5.32 Å². The standard InChI is InChI=1S/C13H15N3OS2/c1-3-18-7-10-4-5-14-11(6-10)16-13(17)12-9(2)15-8-19-12/h4-6,8H,3,7H2,1-2H3,(H,14,16,17). The van der Waals surface area contributed by atoms with Crippen LogP contribution in [0.25, 0.3) is 0 Å². The zero-order valence-electron chi connectivity index (χ0n) is 10.8. The van der Waals surface area contributed by atoms with E-state index in [4.69, 9.17) is 0 Å². The molecular formula is C13H15N3OS2. The molecular weight excluding hydrogens is 278 g/mol. The van der Waals surface area contributed by atoms with E-state index in [0.717, 1.165) is 22.8 Å². The molecule has 4 nitrogen and oxygen atoms in total. The van der Waals surface area contributed by atoms with Gasteiger partial charge in [-0.05, 0) is 30.4 Å². The van der Waals surface area contributed by atoms with Gasteiger partial charge in [-0.3, -0.25) is 4.79 Å². The van der Waals surface area contributed by atoms with Gasteiger partial charge in [-0.2, -0.15) is 11.8 Å². The average molecular weight is 293 g/mol. The molecule has 0 saturated heterocycles. The Labute approximate surface area is 120 Å². The quantitative estimate of drug-likeness (QED) is 0.918. The van der Waals surface area contributed by atoms with Gasteiger partial charge in [0, 0.05) is 11.9 Å². The maximum atomic E-state index is 12.0. The molecule has 0 fully saturated rings. The van der Waals surface area contributed by atoms with E-state index in [1.165, 1.54) is 11.3 Å². The van der Waals surface area contributed by atoms with E-state index >= 15 is 0 Å². The Morgan fingerprint density at radius 1 is 1.47 bits per heavy atom. The van der Waals surface area contributed by atoms with Crippen LogP contribution >= 0.6 is 23.1 Å². The molecule has 0 saturated carbocycles. The minimum atomic E-state index is -0.146. The van der Waals surface area contributed by atoms with Crippen LogP contribution in [0.5, 0.6) is 0 Å². The van der Waals surface area contributed by atoms with Gasteiger partial charge in [0.2, 0.25) is 0 Å². The molecule has 100 valence electrons. The summed E-state index contributed by atoms with van der Waals surface area (Å²) in [4.78, 5) is 20.9. The van der Waals surface area contributed by atoms with Gasteiger partial charge in [0.15, 0.2) is 0 Å². The fraction of sp³-hybridized carbons (Fsp3) is 0.308. The molecule has 0 unspecified atom stereocenters. The van der Waals surface area contributed by atoms with E-state index in [-0.39, 0.29) is 5.91 Å². The highest BCUT2D eigenvalue weighted by Gasteiger charge is 2.12. The molecule has 0 spiro atoms. The lowest BCUT2D eigenvalue weighted by Crippen LogP contribution is -2.12. The number of carbonyl (C=O) groups excluding carboxylic acids is 1. The summed E-state index contributed by atoms with van der Waals surface area (Å²) in [6.45, 7) is 3.95. The fourth-order valence-electron chi connectivity index (χ4n) is 1.55. The van der Waals surface area contributed by atoms with Gasteiger partial charge in [-0.15, -0.1) is 11.3 Å². The maximum Gasteiger partial charge on any atom is 0.268 e. The number of amides is 1. The Morgan fingerprint density at radius 2 is 2.32 bits per heavy atom. The van der Waals surface area contributed by atoms with E-state index in [1.807, 2.05) is 30.8 Å². The lowest BCUT2D eigenvalue weighted by Gasteiger charge is -2.05. The summed E-state index contributed by atoms with van der Waals surface area (Å²) >= 11 is 3.18. The molecule has 2 rings (SSSR count). The van der Waals surface area contributed by atoms with Gasteiger partial charge in [-0.1, -0.05) is 6.92 Å². The number of thioether (sulfide) groups is 1. The average Bonchev–Trinajstić information content (AvgIpc) is 2.83. The number of anilines is 1. The molecule has 2 aromatic rings. The predicted molar refractivity (Wildman–Crippen MR) is 80.9 cm³/mol. The number of aromatic nitrogens is 2. The molecule has 0 bridgehead atoms. The van der Waals surface area contributed by atoms with E-state index in [1.54, 1.807) is 11.7 Å². The van der Waals surface area contributed by atoms with Crippen molar-refractivity contribution in [1.82, 2.24) is 9.97 Å². The van der Waals surface area contributed by atoms with Crippen LogP contribution in [0, 0.1) is 6.92 Å². The minimum Gasteiger partial charge on any atom is -0.306 e. The fourth-order valence-corrected chi connectivity index (χ4v) is 2.86. The molecule has 0 aliphatic carbocycles. The van der Waals surface area contributed by atoms with E-state index in [2.05, 4.69) is 22.2 Å². The number of nitrogens with one attached hydrogen (secondary N) is 1. The third kappa shape index (κ3) is 3.78. The highest BCUT2D eigenvalue weighted by Crippen LogP contribution is 2.17. The Bertz CT molecular complexity index is 569. The predicted octanol–water partition coefficient (Wildman–Crippen LogP) is 3.35. The first kappa shape index (κ1) is 14.0. The molecule has 0 radical (unpaired) electrons. The zero-order valence-corrected chi connectivity index (χ0v) is 12.5. The van der Waals surface area contributed by atoms with Crippen molar-refractivity contribution in [3.63, 3.8) is 0 Å². The first-order valence-corrected chi connectivity index (χ1v) is 7.98. The van der Waals surface area contributed by atoms with Gasteiger partial charge in [0.05, 0.1) is 11.2 Å². The SMILES string of the molecule is CCSCc1ccnc(NC(=O)c2scnc2C)c1. The van der Waals surface area contributed by atoms with Crippen molar-refractivity contribution in [3.05, 3.63) is 40.0 Å². The zero-order chi connectivity index (χ0) is 13.7. The number of aryl methyl sites for hydroxylation is 1. The van der Waals surface area contributed by atoms with Crippen LogP contribution in [0.1, 0.15) is 27.9 Å². The van der Waals surface area contributed by atoms with E-state index in [9.17, 15) is 4.79 Å². The molecule has 0 aliphatic rings. The first-order valence-electron chi connectivity index (χ1n) is 5.94. The number of nitrogens with zero attached hydrogens (tertiary/aromatic N) is 2. The molecule has 0 aromatic carbocycles. The van der Waals surface area contributed by atoms with Crippen LogP contribution in [0.4, 0.5) is 5.82 Å². The van der Waals surface area contributed by atoms with Crippen molar-refractivity contribution in [2.24, 2.45) is 0 Å². The lowest BCUT2D eigenvalue weighted by atomic mass is 10.3. The molecule has 1 amide bonds. The van der Waals surface area contributed by atoms with E-state index in [0.29, 0.717) is 10.7 Å². The number of rotatable bonds is 5. The van der Waals surface area contributed by atoms with Gasteiger partial charge < -0.3 is 5.32 Å². The molecule has 2 aromatic heterocycles. The van der Waals surface area contributed by atoms with Crippen LogP contribution in [0.3, 0.4) is 0 Å². The Morgan fingerprint density at radius 3 is 3.00 bits per heavy atom. The van der Waals surface area contributed by atoms with Crippen molar-refractivity contribution < 1.29 is 4.79 Å². The van der Waals surface area contributed by atoms with Crippen LogP contribution in [0.2, 0.25) is 0 Å². The largest absolute Gasteiger partial charge is 0.306 e. The number of thiazole rings is 1. The number of carbonyl (C=O) groups is 1. The van der Waals surface area contributed by atoms with Gasteiger partial charge in [0.1, 0.15) is 10.7 Å². The van der Waals surface area contributed by atoms with Crippen LogP contribution in [0.15, 0.2) is 23.8 Å². The van der Waals surface area contributed by atoms with Gasteiger partial charge in [0.25, 0.3) is 5.91 Å². The smallest absolute Gasteiger partial charge is 0.268 e. The molecule has 0 atom stereocenters. The number of hydrogen-bond acceptors (Lipinski definition) is 5. The summed E-state index contributed by atoms with van der Waals surface area (Å²) in [7, 11) is 0. The normalized spacial score (nSPS) is 10.4. The number of pyridine rings is 1. The molecule has 2 heterocycles. The van der Waals surface area contributed by atoms with E-state index < -0.39 is 0 Å². The van der Waals surface area contributed by atoms with Gasteiger partial charge >= 0.3 is 0 Å². The summed E-state index contributed by atoms with van der Waals surface area (Å²) < 4.78 is 0. The molecule has 19 heavy (non-hydrogen) atoms. The second-order valence-corrected chi connectivity index (χ2v) is 6.04. The third-order valence-electron chi connectivity index (χ3n) is 2.49. The Kier molecular flexibility index (Phi) is 4.93. The highest BCUT2D eigenvalue weighted by atomic mass is 32.2. The topological polar surface area (TPSA) is 54.9 Å². The Balaban J connectivity index is 2.07. The maximum absolute atomic E-state index is 12.0. The minimum absolute atomic E-state index is 0.146. The summed E-state index contributed by atoms with van der Waals surface area (Å²) in [5, 5.41) is 2.81. The first-order chi connectivity index (χ1) is 9.20. The van der Waals surface area contributed by atoms with Crippen LogP contribution in [-0.2, 0) is 5.75 Å². The van der Waals surface area contributed by atoms with Crippen molar-refractivity contribution in [2.75, 3.05) is 11.1 Å². The summed E-state index contributed by atoms with van der Waals surface area (Å²) in [5.41, 5.74) is 3.59. The van der Waals surface area contributed by atoms with Crippen molar-refractivity contribution in [3.8, 4) is 0 Å². The van der Waals surface area contributed by atoms with Gasteiger partial charge in [-0.25, -0.2) is 9.97 Å². The van der Waals surface area contributed by atoms with Crippen molar-refractivity contribution in [1.29, 1.82) is 0 Å². The second-order valence-electron chi connectivity index (χ2n) is 3.91.